The van der Waals surface area contributed by atoms with Crippen molar-refractivity contribution in [1.82, 2.24) is 19.6 Å². The third-order valence-electron chi connectivity index (χ3n) is 5.16. The van der Waals surface area contributed by atoms with Crippen LogP contribution in [0.5, 0.6) is 0 Å². The van der Waals surface area contributed by atoms with Gasteiger partial charge in [-0.05, 0) is 37.1 Å². The van der Waals surface area contributed by atoms with E-state index in [0.717, 1.165) is 35.4 Å². The molecule has 0 aliphatic heterocycles. The molecule has 0 amide bonds. The van der Waals surface area contributed by atoms with Crippen LogP contribution in [-0.4, -0.2) is 19.6 Å². The molecule has 0 radical (unpaired) electrons. The zero-order valence-electron chi connectivity index (χ0n) is 15.9. The van der Waals surface area contributed by atoms with E-state index in [1.165, 1.54) is 31.2 Å². The molecule has 1 aromatic carbocycles. The van der Waals surface area contributed by atoms with Crippen LogP contribution in [0.2, 0.25) is 5.02 Å². The highest BCUT2D eigenvalue weighted by atomic mass is 35.5. The number of rotatable bonds is 5. The predicted octanol–water partition coefficient (Wildman–Crippen LogP) is 4.83. The summed E-state index contributed by atoms with van der Waals surface area (Å²) in [6.07, 6.45) is 3.41. The van der Waals surface area contributed by atoms with E-state index >= 15 is 0 Å². The summed E-state index contributed by atoms with van der Waals surface area (Å²) in [6.45, 7) is 0.341. The first kappa shape index (κ1) is 20.5. The molecule has 2 heterocycles. The first-order chi connectivity index (χ1) is 14.3. The predicted molar refractivity (Wildman–Crippen MR) is 107 cm³/mol. The Bertz CT molecular complexity index is 1100. The van der Waals surface area contributed by atoms with Crippen molar-refractivity contribution in [1.29, 1.82) is 0 Å². The van der Waals surface area contributed by atoms with Gasteiger partial charge in [0.2, 0.25) is 0 Å². The van der Waals surface area contributed by atoms with E-state index in [4.69, 9.17) is 11.6 Å². The van der Waals surface area contributed by atoms with Gasteiger partial charge in [-0.25, -0.2) is 0 Å². The minimum Gasteiger partial charge on any atom is -0.377 e. The van der Waals surface area contributed by atoms with Crippen LogP contribution in [0.1, 0.15) is 43.0 Å². The maximum Gasteiger partial charge on any atom is 0.416 e. The molecule has 0 unspecified atom stereocenters. The van der Waals surface area contributed by atoms with Gasteiger partial charge in [0.1, 0.15) is 5.02 Å². The lowest BCUT2D eigenvalue weighted by atomic mass is 10.2. The summed E-state index contributed by atoms with van der Waals surface area (Å²) in [6, 6.07) is 6.69. The second kappa shape index (κ2) is 8.14. The SMILES string of the molecule is O=c1c(Cl)c(NCc2ccn(C3CCCC3)n2)cnn1-c1cccc(C(F)(F)F)c1. The molecule has 1 N–H and O–H groups in total. The summed E-state index contributed by atoms with van der Waals surface area (Å²) in [5.41, 5.74) is -0.513. The molecule has 0 saturated heterocycles. The number of alkyl halides is 3. The third kappa shape index (κ3) is 4.21. The van der Waals surface area contributed by atoms with E-state index in [9.17, 15) is 18.0 Å². The number of anilines is 1. The fraction of sp³-hybridized carbons (Fsp3) is 0.350. The Morgan fingerprint density at radius 2 is 1.97 bits per heavy atom. The monoisotopic (exact) mass is 437 g/mol. The average Bonchev–Trinajstić information content (AvgIpc) is 3.40. The van der Waals surface area contributed by atoms with Crippen molar-refractivity contribution in [3.05, 3.63) is 69.4 Å². The van der Waals surface area contributed by atoms with Crippen LogP contribution >= 0.6 is 11.6 Å². The van der Waals surface area contributed by atoms with E-state index in [0.29, 0.717) is 18.3 Å². The topological polar surface area (TPSA) is 64.7 Å². The molecule has 2 aromatic heterocycles. The molecule has 0 bridgehead atoms. The van der Waals surface area contributed by atoms with Gasteiger partial charge in [0, 0.05) is 6.20 Å². The number of benzene rings is 1. The molecular weight excluding hydrogens is 419 g/mol. The highest BCUT2D eigenvalue weighted by Gasteiger charge is 2.30. The molecule has 1 aliphatic rings. The molecule has 158 valence electrons. The quantitative estimate of drug-likeness (QED) is 0.621. The van der Waals surface area contributed by atoms with Gasteiger partial charge in [0.05, 0.1) is 41.4 Å². The summed E-state index contributed by atoms with van der Waals surface area (Å²) >= 11 is 6.17. The molecule has 1 fully saturated rings. The van der Waals surface area contributed by atoms with Crippen LogP contribution in [0.3, 0.4) is 0 Å². The summed E-state index contributed by atoms with van der Waals surface area (Å²) in [7, 11) is 0. The zero-order chi connectivity index (χ0) is 21.3. The average molecular weight is 438 g/mol. The van der Waals surface area contributed by atoms with E-state index in [2.05, 4.69) is 15.5 Å². The molecule has 0 atom stereocenters. The number of nitrogens with zero attached hydrogens (tertiary/aromatic N) is 4. The fourth-order valence-corrected chi connectivity index (χ4v) is 3.78. The molecular formula is C20H19ClF3N5O. The van der Waals surface area contributed by atoms with Crippen molar-refractivity contribution in [2.75, 3.05) is 5.32 Å². The second-order valence-electron chi connectivity index (χ2n) is 7.22. The molecule has 1 saturated carbocycles. The smallest absolute Gasteiger partial charge is 0.377 e. The van der Waals surface area contributed by atoms with E-state index in [1.807, 2.05) is 16.9 Å². The molecule has 30 heavy (non-hydrogen) atoms. The Kier molecular flexibility index (Phi) is 5.55. The largest absolute Gasteiger partial charge is 0.416 e. The molecule has 3 aromatic rings. The van der Waals surface area contributed by atoms with Crippen molar-refractivity contribution in [3.8, 4) is 5.69 Å². The maximum absolute atomic E-state index is 12.9. The molecule has 4 rings (SSSR count). The first-order valence-electron chi connectivity index (χ1n) is 9.56. The lowest BCUT2D eigenvalue weighted by Crippen LogP contribution is -2.23. The lowest BCUT2D eigenvalue weighted by molar-refractivity contribution is -0.137. The number of nitrogens with one attached hydrogen (secondary N) is 1. The molecule has 1 aliphatic carbocycles. The van der Waals surface area contributed by atoms with E-state index < -0.39 is 17.3 Å². The van der Waals surface area contributed by atoms with Gasteiger partial charge in [-0.15, -0.1) is 0 Å². The number of hydrogen-bond donors (Lipinski definition) is 1. The number of halogens is 4. The molecule has 10 heteroatoms. The third-order valence-corrected chi connectivity index (χ3v) is 5.52. The van der Waals surface area contributed by atoms with Crippen LogP contribution in [0.4, 0.5) is 18.9 Å². The first-order valence-corrected chi connectivity index (χ1v) is 9.94. The van der Waals surface area contributed by atoms with E-state index in [1.54, 1.807) is 0 Å². The Labute approximate surface area is 175 Å². The summed E-state index contributed by atoms with van der Waals surface area (Å²) in [4.78, 5) is 12.6. The van der Waals surface area contributed by atoms with Crippen LogP contribution < -0.4 is 10.9 Å². The number of hydrogen-bond acceptors (Lipinski definition) is 4. The summed E-state index contributed by atoms with van der Waals surface area (Å²) in [5, 5.41) is 11.4. The molecule has 6 nitrogen and oxygen atoms in total. The van der Waals surface area contributed by atoms with Crippen molar-refractivity contribution in [2.24, 2.45) is 0 Å². The van der Waals surface area contributed by atoms with Crippen LogP contribution in [0, 0.1) is 0 Å². The van der Waals surface area contributed by atoms with Gasteiger partial charge in [0.25, 0.3) is 5.56 Å². The van der Waals surface area contributed by atoms with Gasteiger partial charge in [-0.3, -0.25) is 9.48 Å². The van der Waals surface area contributed by atoms with Gasteiger partial charge in [-0.2, -0.15) is 28.1 Å². The Morgan fingerprint density at radius 1 is 1.20 bits per heavy atom. The highest BCUT2D eigenvalue weighted by molar-refractivity contribution is 6.32. The van der Waals surface area contributed by atoms with Gasteiger partial charge < -0.3 is 5.32 Å². The normalized spacial score (nSPS) is 14.9. The Hall–Kier alpha value is -2.81. The lowest BCUT2D eigenvalue weighted by Gasteiger charge is -2.12. The van der Waals surface area contributed by atoms with Crippen LogP contribution in [0.15, 0.2) is 47.5 Å². The zero-order valence-corrected chi connectivity index (χ0v) is 16.6. The van der Waals surface area contributed by atoms with Crippen molar-refractivity contribution >= 4 is 17.3 Å². The van der Waals surface area contributed by atoms with Gasteiger partial charge >= 0.3 is 6.18 Å². The number of aromatic nitrogens is 4. The van der Waals surface area contributed by atoms with Crippen LogP contribution in [-0.2, 0) is 12.7 Å². The van der Waals surface area contributed by atoms with Gasteiger partial charge in [-0.1, -0.05) is 30.5 Å². The summed E-state index contributed by atoms with van der Waals surface area (Å²) < 4.78 is 41.6. The highest BCUT2D eigenvalue weighted by Crippen LogP contribution is 2.30. The van der Waals surface area contributed by atoms with Gasteiger partial charge in [0.15, 0.2) is 0 Å². The Balaban J connectivity index is 1.51. The summed E-state index contributed by atoms with van der Waals surface area (Å²) in [5.74, 6) is 0. The van der Waals surface area contributed by atoms with Crippen molar-refractivity contribution < 1.29 is 13.2 Å². The standard InChI is InChI=1S/C20H19ClF3N5O/c21-18-17(25-11-14-8-9-28(27-14)15-5-1-2-6-15)12-26-29(19(18)30)16-7-3-4-13(10-16)20(22,23)24/h3-4,7-10,12,15,25H,1-2,5-6,11H2. The Morgan fingerprint density at radius 3 is 2.70 bits per heavy atom. The fourth-order valence-electron chi connectivity index (χ4n) is 3.58. The van der Waals surface area contributed by atoms with Crippen molar-refractivity contribution in [2.45, 2.75) is 44.4 Å². The van der Waals surface area contributed by atoms with Crippen molar-refractivity contribution in [3.63, 3.8) is 0 Å². The molecule has 0 spiro atoms. The minimum atomic E-state index is -4.52. The second-order valence-corrected chi connectivity index (χ2v) is 7.59. The van der Waals surface area contributed by atoms with Crippen LogP contribution in [0.25, 0.3) is 5.69 Å². The van der Waals surface area contributed by atoms with E-state index in [-0.39, 0.29) is 10.7 Å². The maximum atomic E-state index is 12.9. The minimum absolute atomic E-state index is 0.0152.